The van der Waals surface area contributed by atoms with E-state index in [1.165, 1.54) is 12.1 Å². The maximum Gasteiger partial charge on any atom is 0.573 e. The van der Waals surface area contributed by atoms with Crippen molar-refractivity contribution in [2.45, 2.75) is 13.3 Å². The summed E-state index contributed by atoms with van der Waals surface area (Å²) in [5.74, 6) is 0.690. The average molecular weight is 432 g/mol. The zero-order chi connectivity index (χ0) is 22.3. The van der Waals surface area contributed by atoms with E-state index in [4.69, 9.17) is 0 Å². The SMILES string of the molecule is Cc1ccc(Nc2ccc(NCCNC(=O)c3cccc(OC(F)(F)F)c3)nn2)nc1. The molecule has 1 amide bonds. The van der Waals surface area contributed by atoms with Crippen molar-refractivity contribution in [1.82, 2.24) is 20.5 Å². The van der Waals surface area contributed by atoms with Gasteiger partial charge in [0.15, 0.2) is 5.82 Å². The zero-order valence-corrected chi connectivity index (χ0v) is 16.4. The Morgan fingerprint density at radius 3 is 2.42 bits per heavy atom. The van der Waals surface area contributed by atoms with Crippen LogP contribution >= 0.6 is 0 Å². The number of halogens is 3. The Labute approximate surface area is 175 Å². The highest BCUT2D eigenvalue weighted by molar-refractivity contribution is 5.94. The van der Waals surface area contributed by atoms with Gasteiger partial charge in [0.1, 0.15) is 17.4 Å². The summed E-state index contributed by atoms with van der Waals surface area (Å²) in [6, 6.07) is 12.0. The molecule has 0 bridgehead atoms. The van der Waals surface area contributed by atoms with Crippen LogP contribution < -0.4 is 20.7 Å². The maximum atomic E-state index is 12.3. The van der Waals surface area contributed by atoms with Gasteiger partial charge in [0, 0.05) is 24.8 Å². The van der Waals surface area contributed by atoms with E-state index in [1.807, 2.05) is 19.1 Å². The maximum absolute atomic E-state index is 12.3. The number of amides is 1. The Hall–Kier alpha value is -3.89. The van der Waals surface area contributed by atoms with Crippen LogP contribution in [0.4, 0.5) is 30.6 Å². The number of nitrogens with zero attached hydrogens (tertiary/aromatic N) is 3. The number of carbonyl (C=O) groups excluding carboxylic acids is 1. The van der Waals surface area contributed by atoms with Crippen molar-refractivity contribution in [1.29, 1.82) is 0 Å². The van der Waals surface area contributed by atoms with Crippen molar-refractivity contribution in [2.75, 3.05) is 23.7 Å². The van der Waals surface area contributed by atoms with Crippen molar-refractivity contribution in [3.63, 3.8) is 0 Å². The molecule has 0 aliphatic rings. The molecule has 0 aliphatic heterocycles. The normalized spacial score (nSPS) is 11.0. The van der Waals surface area contributed by atoms with Crippen LogP contribution in [0.5, 0.6) is 5.75 Å². The Morgan fingerprint density at radius 1 is 1.00 bits per heavy atom. The summed E-state index contributed by atoms with van der Waals surface area (Å²) in [5, 5.41) is 16.7. The first-order valence-corrected chi connectivity index (χ1v) is 9.20. The molecule has 0 fully saturated rings. The number of rotatable bonds is 8. The van der Waals surface area contributed by atoms with E-state index < -0.39 is 18.0 Å². The molecular formula is C20H19F3N6O2. The number of nitrogens with one attached hydrogen (secondary N) is 3. The van der Waals surface area contributed by atoms with Crippen LogP contribution in [0.1, 0.15) is 15.9 Å². The molecule has 0 saturated carbocycles. The van der Waals surface area contributed by atoms with Crippen LogP contribution in [-0.4, -0.2) is 40.5 Å². The van der Waals surface area contributed by atoms with Gasteiger partial charge in [-0.25, -0.2) is 4.98 Å². The van der Waals surface area contributed by atoms with Gasteiger partial charge >= 0.3 is 6.36 Å². The first kappa shape index (κ1) is 21.8. The molecule has 0 saturated heterocycles. The first-order chi connectivity index (χ1) is 14.8. The number of aryl methyl sites for hydroxylation is 1. The monoisotopic (exact) mass is 432 g/mol. The third-order valence-electron chi connectivity index (χ3n) is 3.88. The molecule has 11 heteroatoms. The van der Waals surface area contributed by atoms with Gasteiger partial charge in [-0.15, -0.1) is 23.4 Å². The van der Waals surface area contributed by atoms with Crippen molar-refractivity contribution in [3.8, 4) is 5.75 Å². The molecule has 2 heterocycles. The van der Waals surface area contributed by atoms with E-state index in [2.05, 4.69) is 35.9 Å². The second kappa shape index (κ2) is 9.74. The van der Waals surface area contributed by atoms with E-state index in [9.17, 15) is 18.0 Å². The van der Waals surface area contributed by atoms with Gasteiger partial charge in [-0.05, 0) is 48.9 Å². The number of benzene rings is 1. The number of hydrogen-bond acceptors (Lipinski definition) is 7. The summed E-state index contributed by atoms with van der Waals surface area (Å²) < 4.78 is 40.7. The van der Waals surface area contributed by atoms with Crippen molar-refractivity contribution in [2.24, 2.45) is 0 Å². The van der Waals surface area contributed by atoms with Crippen LogP contribution in [0.3, 0.4) is 0 Å². The number of pyridine rings is 1. The fourth-order valence-electron chi connectivity index (χ4n) is 2.47. The molecular weight excluding hydrogens is 413 g/mol. The molecule has 8 nitrogen and oxygen atoms in total. The van der Waals surface area contributed by atoms with Gasteiger partial charge < -0.3 is 20.7 Å². The van der Waals surface area contributed by atoms with Crippen LogP contribution in [0, 0.1) is 6.92 Å². The summed E-state index contributed by atoms with van der Waals surface area (Å²) in [4.78, 5) is 16.3. The molecule has 3 N–H and O–H groups in total. The number of hydrogen-bond donors (Lipinski definition) is 3. The molecule has 0 unspecified atom stereocenters. The van der Waals surface area contributed by atoms with Crippen LogP contribution in [0.15, 0.2) is 54.7 Å². The standard InChI is InChI=1S/C20H19F3N6O2/c1-13-5-6-16(26-12-13)27-18-8-7-17(28-29-18)24-9-10-25-19(30)14-3-2-4-15(11-14)31-20(21,22)23/h2-8,11-12H,9-10H2,1H3,(H,24,28)(H,25,30)(H,26,27,29). The smallest absolute Gasteiger partial charge is 0.406 e. The van der Waals surface area contributed by atoms with E-state index in [0.717, 1.165) is 17.7 Å². The molecule has 2 aromatic heterocycles. The molecule has 0 atom stereocenters. The summed E-state index contributed by atoms with van der Waals surface area (Å²) in [6.07, 6.45) is -3.08. The van der Waals surface area contributed by atoms with Crippen molar-refractivity contribution < 1.29 is 22.7 Å². The Bertz CT molecular complexity index is 1010. The Balaban J connectivity index is 1.43. The highest BCUT2D eigenvalue weighted by atomic mass is 19.4. The largest absolute Gasteiger partial charge is 0.573 e. The third kappa shape index (κ3) is 7.14. The fourth-order valence-corrected chi connectivity index (χ4v) is 2.47. The van der Waals surface area contributed by atoms with Gasteiger partial charge in [0.2, 0.25) is 0 Å². The minimum atomic E-state index is -4.82. The summed E-state index contributed by atoms with van der Waals surface area (Å²) in [7, 11) is 0. The predicted molar refractivity (Wildman–Crippen MR) is 108 cm³/mol. The highest BCUT2D eigenvalue weighted by Crippen LogP contribution is 2.23. The molecule has 1 aromatic carbocycles. The van der Waals surface area contributed by atoms with Crippen molar-refractivity contribution in [3.05, 3.63) is 65.9 Å². The fraction of sp³-hybridized carbons (Fsp3) is 0.200. The molecule has 162 valence electrons. The van der Waals surface area contributed by atoms with Gasteiger partial charge in [0.25, 0.3) is 5.91 Å². The second-order valence-electron chi connectivity index (χ2n) is 6.41. The predicted octanol–water partition coefficient (Wildman–Crippen LogP) is 3.66. The molecule has 0 aliphatic carbocycles. The third-order valence-corrected chi connectivity index (χ3v) is 3.88. The van der Waals surface area contributed by atoms with E-state index in [0.29, 0.717) is 24.0 Å². The Morgan fingerprint density at radius 2 is 1.74 bits per heavy atom. The minimum absolute atomic E-state index is 0.0571. The van der Waals surface area contributed by atoms with E-state index in [1.54, 1.807) is 18.3 Å². The molecule has 0 radical (unpaired) electrons. The molecule has 3 rings (SSSR count). The lowest BCUT2D eigenvalue weighted by Gasteiger charge is -2.11. The zero-order valence-electron chi connectivity index (χ0n) is 16.4. The molecule has 3 aromatic rings. The number of anilines is 3. The average Bonchev–Trinajstić information content (AvgIpc) is 2.73. The number of ether oxygens (including phenoxy) is 1. The van der Waals surface area contributed by atoms with Gasteiger partial charge in [0.05, 0.1) is 0 Å². The topological polar surface area (TPSA) is 101 Å². The Kier molecular flexibility index (Phi) is 6.85. The summed E-state index contributed by atoms with van der Waals surface area (Å²) >= 11 is 0. The van der Waals surface area contributed by atoms with Crippen LogP contribution in [0.2, 0.25) is 0 Å². The van der Waals surface area contributed by atoms with Gasteiger partial charge in [-0.1, -0.05) is 12.1 Å². The lowest BCUT2D eigenvalue weighted by molar-refractivity contribution is -0.274. The van der Waals surface area contributed by atoms with Crippen LogP contribution in [0.25, 0.3) is 0 Å². The van der Waals surface area contributed by atoms with Crippen LogP contribution in [-0.2, 0) is 0 Å². The highest BCUT2D eigenvalue weighted by Gasteiger charge is 2.31. The van der Waals surface area contributed by atoms with Crippen molar-refractivity contribution >= 4 is 23.4 Å². The molecule has 31 heavy (non-hydrogen) atoms. The number of alkyl halides is 3. The van der Waals surface area contributed by atoms with Gasteiger partial charge in [-0.3, -0.25) is 4.79 Å². The van der Waals surface area contributed by atoms with E-state index in [-0.39, 0.29) is 12.1 Å². The van der Waals surface area contributed by atoms with E-state index >= 15 is 0 Å². The summed E-state index contributed by atoms with van der Waals surface area (Å²) in [5.41, 5.74) is 1.10. The van der Waals surface area contributed by atoms with Gasteiger partial charge in [-0.2, -0.15) is 0 Å². The molecule has 0 spiro atoms. The quantitative estimate of drug-likeness (QED) is 0.467. The second-order valence-corrected chi connectivity index (χ2v) is 6.41. The lowest BCUT2D eigenvalue weighted by Crippen LogP contribution is -2.29. The lowest BCUT2D eigenvalue weighted by atomic mass is 10.2. The number of carbonyl (C=O) groups is 1. The first-order valence-electron chi connectivity index (χ1n) is 9.20. The minimum Gasteiger partial charge on any atom is -0.406 e. The number of aromatic nitrogens is 3. The summed E-state index contributed by atoms with van der Waals surface area (Å²) in [6.45, 7) is 2.50.